The SMILES string of the molecule is CC1CCCCN1S(=O)(=O)N(C)CCCl. The van der Waals surface area contributed by atoms with E-state index in [1.165, 1.54) is 4.31 Å². The molecule has 0 N–H and O–H groups in total. The normalized spacial score (nSPS) is 24.7. The van der Waals surface area contributed by atoms with E-state index in [4.69, 9.17) is 11.6 Å². The number of halogens is 1. The van der Waals surface area contributed by atoms with Gasteiger partial charge >= 0.3 is 0 Å². The fourth-order valence-electron chi connectivity index (χ4n) is 1.83. The highest BCUT2D eigenvalue weighted by atomic mass is 35.5. The van der Waals surface area contributed by atoms with Gasteiger partial charge in [0, 0.05) is 32.1 Å². The molecule has 1 fully saturated rings. The molecule has 1 saturated heterocycles. The summed E-state index contributed by atoms with van der Waals surface area (Å²) < 4.78 is 27.1. The molecule has 0 amide bonds. The van der Waals surface area contributed by atoms with Crippen LogP contribution in [-0.2, 0) is 10.2 Å². The molecule has 0 saturated carbocycles. The van der Waals surface area contributed by atoms with E-state index in [9.17, 15) is 8.42 Å². The van der Waals surface area contributed by atoms with Crippen molar-refractivity contribution >= 4 is 21.8 Å². The molecule has 15 heavy (non-hydrogen) atoms. The number of piperidine rings is 1. The molecule has 1 unspecified atom stereocenters. The Morgan fingerprint density at radius 1 is 1.47 bits per heavy atom. The summed E-state index contributed by atoms with van der Waals surface area (Å²) in [4.78, 5) is 0. The van der Waals surface area contributed by atoms with E-state index in [0.29, 0.717) is 19.0 Å². The Balaban J connectivity index is 2.75. The van der Waals surface area contributed by atoms with Crippen molar-refractivity contribution < 1.29 is 8.42 Å². The quantitative estimate of drug-likeness (QED) is 0.709. The fourth-order valence-corrected chi connectivity index (χ4v) is 3.78. The predicted molar refractivity (Wildman–Crippen MR) is 62.3 cm³/mol. The molecule has 4 nitrogen and oxygen atoms in total. The molecule has 1 heterocycles. The number of nitrogens with zero attached hydrogens (tertiary/aromatic N) is 2. The zero-order valence-electron chi connectivity index (χ0n) is 9.32. The van der Waals surface area contributed by atoms with Gasteiger partial charge in [0.1, 0.15) is 0 Å². The minimum absolute atomic E-state index is 0.113. The molecule has 90 valence electrons. The van der Waals surface area contributed by atoms with Crippen LogP contribution < -0.4 is 0 Å². The first-order valence-electron chi connectivity index (χ1n) is 5.29. The second kappa shape index (κ2) is 5.48. The van der Waals surface area contributed by atoms with Crippen LogP contribution in [0.15, 0.2) is 0 Å². The largest absolute Gasteiger partial charge is 0.282 e. The molecule has 0 aliphatic carbocycles. The molecule has 0 bridgehead atoms. The van der Waals surface area contributed by atoms with Crippen LogP contribution in [0.25, 0.3) is 0 Å². The van der Waals surface area contributed by atoms with Crippen LogP contribution in [0.3, 0.4) is 0 Å². The third kappa shape index (κ3) is 3.06. The highest BCUT2D eigenvalue weighted by Gasteiger charge is 2.32. The van der Waals surface area contributed by atoms with Gasteiger partial charge in [0.15, 0.2) is 0 Å². The van der Waals surface area contributed by atoms with Crippen molar-refractivity contribution in [2.45, 2.75) is 32.2 Å². The van der Waals surface area contributed by atoms with E-state index in [1.54, 1.807) is 11.4 Å². The Labute approximate surface area is 97.4 Å². The number of hydrogen-bond acceptors (Lipinski definition) is 2. The van der Waals surface area contributed by atoms with E-state index in [1.807, 2.05) is 6.92 Å². The Hall–Kier alpha value is 0.160. The van der Waals surface area contributed by atoms with E-state index in [0.717, 1.165) is 19.3 Å². The maximum atomic E-state index is 12.1. The minimum atomic E-state index is -3.29. The summed E-state index contributed by atoms with van der Waals surface area (Å²) >= 11 is 5.55. The second-order valence-electron chi connectivity index (χ2n) is 3.97. The summed E-state index contributed by atoms with van der Waals surface area (Å²) in [5.74, 6) is 0.331. The van der Waals surface area contributed by atoms with Gasteiger partial charge in [-0.3, -0.25) is 0 Å². The van der Waals surface area contributed by atoms with E-state index >= 15 is 0 Å². The monoisotopic (exact) mass is 254 g/mol. The van der Waals surface area contributed by atoms with Crippen LogP contribution in [0.4, 0.5) is 0 Å². The summed E-state index contributed by atoms with van der Waals surface area (Å²) in [7, 11) is -1.71. The molecule has 1 rings (SSSR count). The number of alkyl halides is 1. The van der Waals surface area contributed by atoms with Gasteiger partial charge in [-0.05, 0) is 19.8 Å². The van der Waals surface area contributed by atoms with Crippen LogP contribution in [0.1, 0.15) is 26.2 Å². The molecular formula is C9H19ClN2O2S. The highest BCUT2D eigenvalue weighted by Crippen LogP contribution is 2.21. The van der Waals surface area contributed by atoms with Gasteiger partial charge in [-0.1, -0.05) is 6.42 Å². The van der Waals surface area contributed by atoms with Gasteiger partial charge in [-0.15, -0.1) is 11.6 Å². The summed E-state index contributed by atoms with van der Waals surface area (Å²) in [5, 5.41) is 0. The minimum Gasteiger partial charge on any atom is -0.195 e. The summed E-state index contributed by atoms with van der Waals surface area (Å²) in [5.41, 5.74) is 0. The first kappa shape index (κ1) is 13.2. The average molecular weight is 255 g/mol. The van der Waals surface area contributed by atoms with Crippen molar-refractivity contribution in [1.29, 1.82) is 0 Å². The summed E-state index contributed by atoms with van der Waals surface area (Å²) in [6.07, 6.45) is 3.03. The fraction of sp³-hybridized carbons (Fsp3) is 1.00. The molecule has 1 aliphatic rings. The molecule has 0 spiro atoms. The van der Waals surface area contributed by atoms with Crippen LogP contribution in [-0.4, -0.2) is 49.1 Å². The Kier molecular flexibility index (Phi) is 4.83. The van der Waals surface area contributed by atoms with E-state index < -0.39 is 10.2 Å². The zero-order chi connectivity index (χ0) is 11.5. The van der Waals surface area contributed by atoms with Crippen LogP contribution in [0, 0.1) is 0 Å². The second-order valence-corrected chi connectivity index (χ2v) is 6.34. The van der Waals surface area contributed by atoms with Gasteiger partial charge in [-0.25, -0.2) is 0 Å². The maximum absolute atomic E-state index is 12.1. The molecule has 1 atom stereocenters. The molecule has 1 aliphatic heterocycles. The third-order valence-corrected chi connectivity index (χ3v) is 5.11. The van der Waals surface area contributed by atoms with Crippen molar-refractivity contribution in [2.75, 3.05) is 26.0 Å². The standard InChI is InChI=1S/C9H19ClN2O2S/c1-9-5-3-4-7-12(9)15(13,14)11(2)8-6-10/h9H,3-8H2,1-2H3. The lowest BCUT2D eigenvalue weighted by Crippen LogP contribution is -2.48. The molecular weight excluding hydrogens is 236 g/mol. The number of hydrogen-bond donors (Lipinski definition) is 0. The van der Waals surface area contributed by atoms with Crippen LogP contribution in [0.2, 0.25) is 0 Å². The third-order valence-electron chi connectivity index (χ3n) is 2.83. The van der Waals surface area contributed by atoms with Crippen molar-refractivity contribution in [3.8, 4) is 0 Å². The molecule has 0 aromatic heterocycles. The van der Waals surface area contributed by atoms with Gasteiger partial charge in [0.25, 0.3) is 10.2 Å². The zero-order valence-corrected chi connectivity index (χ0v) is 10.9. The molecule has 0 aromatic carbocycles. The Bertz CT molecular complexity index is 294. The van der Waals surface area contributed by atoms with Gasteiger partial charge in [0.2, 0.25) is 0 Å². The topological polar surface area (TPSA) is 40.6 Å². The predicted octanol–water partition coefficient (Wildman–Crippen LogP) is 1.28. The molecule has 0 aromatic rings. The van der Waals surface area contributed by atoms with Crippen molar-refractivity contribution in [3.63, 3.8) is 0 Å². The van der Waals surface area contributed by atoms with Gasteiger partial charge < -0.3 is 0 Å². The van der Waals surface area contributed by atoms with E-state index in [-0.39, 0.29) is 6.04 Å². The Morgan fingerprint density at radius 3 is 2.67 bits per heavy atom. The van der Waals surface area contributed by atoms with Crippen molar-refractivity contribution in [2.24, 2.45) is 0 Å². The van der Waals surface area contributed by atoms with Crippen LogP contribution in [0.5, 0.6) is 0 Å². The molecule has 6 heteroatoms. The maximum Gasteiger partial charge on any atom is 0.282 e. The van der Waals surface area contributed by atoms with Crippen LogP contribution >= 0.6 is 11.6 Å². The summed E-state index contributed by atoms with van der Waals surface area (Å²) in [6, 6.07) is 0.113. The number of rotatable bonds is 4. The lowest BCUT2D eigenvalue weighted by molar-refractivity contribution is 0.251. The lowest BCUT2D eigenvalue weighted by Gasteiger charge is -2.34. The van der Waals surface area contributed by atoms with E-state index in [2.05, 4.69) is 0 Å². The Morgan fingerprint density at radius 2 is 2.13 bits per heavy atom. The lowest BCUT2D eigenvalue weighted by atomic mass is 10.1. The summed E-state index contributed by atoms with van der Waals surface area (Å²) in [6.45, 7) is 2.97. The van der Waals surface area contributed by atoms with Gasteiger partial charge in [0.05, 0.1) is 0 Å². The van der Waals surface area contributed by atoms with Crippen molar-refractivity contribution in [3.05, 3.63) is 0 Å². The highest BCUT2D eigenvalue weighted by molar-refractivity contribution is 7.86. The first-order valence-corrected chi connectivity index (χ1v) is 7.22. The first-order chi connectivity index (χ1) is 7.00. The average Bonchev–Trinajstić information content (AvgIpc) is 2.18. The van der Waals surface area contributed by atoms with Gasteiger partial charge in [-0.2, -0.15) is 17.0 Å². The smallest absolute Gasteiger partial charge is 0.195 e. The molecule has 0 radical (unpaired) electrons. The van der Waals surface area contributed by atoms with Crippen molar-refractivity contribution in [1.82, 2.24) is 8.61 Å².